The van der Waals surface area contributed by atoms with Crippen LogP contribution in [0, 0.1) is 0 Å². The van der Waals surface area contributed by atoms with Gasteiger partial charge in [-0.15, -0.1) is 11.3 Å². The van der Waals surface area contributed by atoms with Gasteiger partial charge in [0.25, 0.3) is 0 Å². The molecule has 92 valence electrons. The van der Waals surface area contributed by atoms with E-state index in [4.69, 9.17) is 0 Å². The lowest BCUT2D eigenvalue weighted by atomic mass is 10.2. The van der Waals surface area contributed by atoms with Crippen molar-refractivity contribution in [1.82, 2.24) is 4.90 Å². The van der Waals surface area contributed by atoms with E-state index in [1.165, 1.54) is 43.4 Å². The van der Waals surface area contributed by atoms with Crippen molar-refractivity contribution in [3.8, 4) is 0 Å². The largest absolute Gasteiger partial charge is 0.336 e. The van der Waals surface area contributed by atoms with Crippen LogP contribution in [0.4, 0.5) is 0 Å². The van der Waals surface area contributed by atoms with Crippen LogP contribution in [0.5, 0.6) is 0 Å². The minimum atomic E-state index is 0.363. The van der Waals surface area contributed by atoms with Gasteiger partial charge in [-0.1, -0.05) is 18.9 Å². The number of rotatable bonds is 4. The van der Waals surface area contributed by atoms with Crippen LogP contribution in [-0.4, -0.2) is 22.9 Å². The maximum atomic E-state index is 12.4. The molecule has 17 heavy (non-hydrogen) atoms. The molecule has 3 heteroatoms. The minimum absolute atomic E-state index is 0.363. The Hall–Kier alpha value is -0.830. The van der Waals surface area contributed by atoms with E-state index in [1.54, 1.807) is 11.3 Å². The van der Waals surface area contributed by atoms with Crippen molar-refractivity contribution in [2.45, 2.75) is 57.0 Å². The molecule has 2 fully saturated rings. The van der Waals surface area contributed by atoms with Gasteiger partial charge in [0.2, 0.25) is 5.91 Å². The molecular formula is C14H19NOS. The minimum Gasteiger partial charge on any atom is -0.336 e. The van der Waals surface area contributed by atoms with E-state index in [0.717, 1.165) is 0 Å². The van der Waals surface area contributed by atoms with Gasteiger partial charge >= 0.3 is 0 Å². The first-order valence-corrected chi connectivity index (χ1v) is 7.56. The predicted octanol–water partition coefficient (Wildman–Crippen LogP) is 3.22. The normalized spacial score (nSPS) is 20.7. The van der Waals surface area contributed by atoms with E-state index < -0.39 is 0 Å². The third-order valence-corrected chi connectivity index (χ3v) is 4.73. The summed E-state index contributed by atoms with van der Waals surface area (Å²) in [6.45, 7) is 0. The molecule has 2 nitrogen and oxygen atoms in total. The van der Waals surface area contributed by atoms with Crippen molar-refractivity contribution in [3.05, 3.63) is 22.4 Å². The second kappa shape index (κ2) is 4.81. The lowest BCUT2D eigenvalue weighted by Crippen LogP contribution is -2.41. The van der Waals surface area contributed by atoms with Gasteiger partial charge in [0, 0.05) is 17.0 Å². The van der Waals surface area contributed by atoms with Gasteiger partial charge in [0.05, 0.1) is 6.42 Å². The first kappa shape index (κ1) is 11.3. The molecule has 3 rings (SSSR count). The summed E-state index contributed by atoms with van der Waals surface area (Å²) in [6, 6.07) is 5.23. The van der Waals surface area contributed by atoms with Crippen molar-refractivity contribution in [2.24, 2.45) is 0 Å². The highest BCUT2D eigenvalue weighted by Gasteiger charge is 2.38. The monoisotopic (exact) mass is 249 g/mol. The number of carbonyl (C=O) groups excluding carboxylic acids is 1. The third kappa shape index (κ3) is 2.54. The molecule has 1 heterocycles. The zero-order chi connectivity index (χ0) is 11.7. The van der Waals surface area contributed by atoms with E-state index in [0.29, 0.717) is 24.4 Å². The fraction of sp³-hybridized carbons (Fsp3) is 0.643. The van der Waals surface area contributed by atoms with Crippen molar-refractivity contribution in [1.29, 1.82) is 0 Å². The van der Waals surface area contributed by atoms with Crippen LogP contribution >= 0.6 is 11.3 Å². The molecule has 0 aliphatic heterocycles. The predicted molar refractivity (Wildman–Crippen MR) is 70.1 cm³/mol. The average molecular weight is 249 g/mol. The summed E-state index contributed by atoms with van der Waals surface area (Å²) in [5, 5.41) is 2.06. The molecule has 2 aliphatic carbocycles. The smallest absolute Gasteiger partial charge is 0.228 e. The fourth-order valence-electron chi connectivity index (χ4n) is 2.89. The topological polar surface area (TPSA) is 20.3 Å². The molecule has 1 aromatic rings. The fourth-order valence-corrected chi connectivity index (χ4v) is 3.59. The Morgan fingerprint density at radius 1 is 1.24 bits per heavy atom. The van der Waals surface area contributed by atoms with E-state index in [1.807, 2.05) is 6.07 Å². The maximum absolute atomic E-state index is 12.4. The number of thiophene rings is 1. The summed E-state index contributed by atoms with van der Waals surface area (Å²) >= 11 is 1.70. The van der Waals surface area contributed by atoms with Crippen molar-refractivity contribution >= 4 is 17.2 Å². The van der Waals surface area contributed by atoms with Gasteiger partial charge in [-0.25, -0.2) is 0 Å². The SMILES string of the molecule is O=C(Cc1cccs1)N(C1CCCC1)C1CC1. The van der Waals surface area contributed by atoms with Crippen LogP contribution in [0.15, 0.2) is 17.5 Å². The lowest BCUT2D eigenvalue weighted by Gasteiger charge is -2.29. The van der Waals surface area contributed by atoms with Gasteiger partial charge in [0.1, 0.15) is 0 Å². The third-order valence-electron chi connectivity index (χ3n) is 3.85. The summed E-state index contributed by atoms with van der Waals surface area (Å²) < 4.78 is 0. The van der Waals surface area contributed by atoms with Crippen LogP contribution < -0.4 is 0 Å². The summed E-state index contributed by atoms with van der Waals surface area (Å²) in [6.07, 6.45) is 8.14. The second-order valence-corrected chi connectivity index (χ2v) is 6.26. The Morgan fingerprint density at radius 3 is 2.53 bits per heavy atom. The quantitative estimate of drug-likeness (QED) is 0.802. The van der Waals surface area contributed by atoms with E-state index in [2.05, 4.69) is 16.3 Å². The van der Waals surface area contributed by atoms with Gasteiger partial charge < -0.3 is 4.90 Å². The summed E-state index contributed by atoms with van der Waals surface area (Å²) in [5.41, 5.74) is 0. The zero-order valence-corrected chi connectivity index (χ0v) is 10.9. The Labute approximate surface area is 107 Å². The molecule has 1 amide bonds. The molecule has 1 aromatic heterocycles. The summed E-state index contributed by atoms with van der Waals surface area (Å²) in [5.74, 6) is 0.363. The van der Waals surface area contributed by atoms with Gasteiger partial charge in [0.15, 0.2) is 0 Å². The Morgan fingerprint density at radius 2 is 1.94 bits per heavy atom. The molecule has 0 bridgehead atoms. The lowest BCUT2D eigenvalue weighted by molar-refractivity contribution is -0.133. The van der Waals surface area contributed by atoms with Crippen LogP contribution in [0.1, 0.15) is 43.4 Å². The molecule has 0 atom stereocenters. The highest BCUT2D eigenvalue weighted by Crippen LogP contribution is 2.35. The Bertz CT molecular complexity index is 377. The van der Waals surface area contributed by atoms with Gasteiger partial charge in [-0.05, 0) is 37.1 Å². The number of hydrogen-bond acceptors (Lipinski definition) is 2. The molecule has 0 unspecified atom stereocenters. The molecule has 0 radical (unpaired) electrons. The number of carbonyl (C=O) groups is 1. The Balaban J connectivity index is 1.67. The van der Waals surface area contributed by atoms with Crippen LogP contribution in [0.3, 0.4) is 0 Å². The molecule has 2 aliphatic rings. The van der Waals surface area contributed by atoms with Crippen LogP contribution in [-0.2, 0) is 11.2 Å². The van der Waals surface area contributed by atoms with Crippen molar-refractivity contribution < 1.29 is 4.79 Å². The first-order chi connectivity index (χ1) is 8.34. The molecule has 0 saturated heterocycles. The highest BCUT2D eigenvalue weighted by atomic mass is 32.1. The van der Waals surface area contributed by atoms with Crippen molar-refractivity contribution in [2.75, 3.05) is 0 Å². The molecular weight excluding hydrogens is 230 g/mol. The number of nitrogens with zero attached hydrogens (tertiary/aromatic N) is 1. The standard InChI is InChI=1S/C14H19NOS/c16-14(10-13-6-3-9-17-13)15(12-7-8-12)11-4-1-2-5-11/h3,6,9,11-12H,1-2,4-5,7-8,10H2. The molecule has 0 aromatic carbocycles. The van der Waals surface area contributed by atoms with E-state index in [9.17, 15) is 4.79 Å². The molecule has 0 spiro atoms. The van der Waals surface area contributed by atoms with Crippen LogP contribution in [0.2, 0.25) is 0 Å². The summed E-state index contributed by atoms with van der Waals surface area (Å²) in [7, 11) is 0. The van der Waals surface area contributed by atoms with Gasteiger partial charge in [-0.2, -0.15) is 0 Å². The van der Waals surface area contributed by atoms with E-state index in [-0.39, 0.29) is 0 Å². The number of amides is 1. The average Bonchev–Trinajstić information content (AvgIpc) is 2.82. The van der Waals surface area contributed by atoms with Crippen LogP contribution in [0.25, 0.3) is 0 Å². The molecule has 0 N–H and O–H groups in total. The zero-order valence-electron chi connectivity index (χ0n) is 10.1. The summed E-state index contributed by atoms with van der Waals surface area (Å²) in [4.78, 5) is 15.8. The maximum Gasteiger partial charge on any atom is 0.228 e. The van der Waals surface area contributed by atoms with Crippen molar-refractivity contribution in [3.63, 3.8) is 0 Å². The number of hydrogen-bond donors (Lipinski definition) is 0. The highest BCUT2D eigenvalue weighted by molar-refractivity contribution is 7.10. The van der Waals surface area contributed by atoms with E-state index >= 15 is 0 Å². The van der Waals surface area contributed by atoms with Gasteiger partial charge in [-0.3, -0.25) is 4.79 Å². The first-order valence-electron chi connectivity index (χ1n) is 6.68. The second-order valence-electron chi connectivity index (χ2n) is 5.23. The molecule has 2 saturated carbocycles. The Kier molecular flexibility index (Phi) is 3.19.